The molecule has 1 unspecified atom stereocenters. The van der Waals surface area contributed by atoms with Crippen LogP contribution in [-0.2, 0) is 15.0 Å². The Balaban J connectivity index is 2.02. The van der Waals surface area contributed by atoms with Gasteiger partial charge in [0.05, 0.1) is 12.2 Å². The van der Waals surface area contributed by atoms with E-state index in [1.165, 1.54) is 4.31 Å². The molecule has 0 aliphatic carbocycles. The molecule has 1 atom stereocenters. The quantitative estimate of drug-likeness (QED) is 0.887. The van der Waals surface area contributed by atoms with Gasteiger partial charge < -0.3 is 9.84 Å². The summed E-state index contributed by atoms with van der Waals surface area (Å²) in [6.07, 6.45) is 0.457. The SMILES string of the molecule is O=C(O)C1CN(S(=O)(=O)N2CCCC2)c2ccccc2O1. The third-order valence-electron chi connectivity index (χ3n) is 3.68. The lowest BCUT2D eigenvalue weighted by Crippen LogP contribution is -2.51. The highest BCUT2D eigenvalue weighted by atomic mass is 32.2. The van der Waals surface area contributed by atoms with Crippen LogP contribution in [-0.4, -0.2) is 49.5 Å². The highest BCUT2D eigenvalue weighted by Crippen LogP contribution is 2.36. The van der Waals surface area contributed by atoms with Crippen molar-refractivity contribution in [2.24, 2.45) is 0 Å². The molecule has 2 aliphatic heterocycles. The summed E-state index contributed by atoms with van der Waals surface area (Å²) >= 11 is 0. The summed E-state index contributed by atoms with van der Waals surface area (Å²) in [5.41, 5.74) is 0.391. The Morgan fingerprint density at radius 1 is 1.24 bits per heavy atom. The van der Waals surface area contributed by atoms with Crippen molar-refractivity contribution in [3.63, 3.8) is 0 Å². The number of para-hydroxylation sites is 2. The number of carboxylic acids is 1. The number of carboxylic acid groups (broad SMARTS) is 1. The molecule has 114 valence electrons. The first-order valence-electron chi connectivity index (χ1n) is 6.76. The van der Waals surface area contributed by atoms with Crippen LogP contribution in [0.2, 0.25) is 0 Å². The molecule has 0 spiro atoms. The number of hydrogen-bond donors (Lipinski definition) is 1. The predicted molar refractivity (Wildman–Crippen MR) is 75.6 cm³/mol. The van der Waals surface area contributed by atoms with Crippen LogP contribution < -0.4 is 9.04 Å². The van der Waals surface area contributed by atoms with E-state index in [0.29, 0.717) is 18.8 Å². The molecular formula is C13H16N2O5S. The van der Waals surface area contributed by atoms with E-state index in [1.807, 2.05) is 0 Å². The minimum Gasteiger partial charge on any atom is -0.478 e. The van der Waals surface area contributed by atoms with Gasteiger partial charge in [0.25, 0.3) is 0 Å². The molecule has 1 fully saturated rings. The first kappa shape index (κ1) is 14.2. The Morgan fingerprint density at radius 2 is 1.90 bits per heavy atom. The molecule has 21 heavy (non-hydrogen) atoms. The third kappa shape index (κ3) is 2.44. The number of ether oxygens (including phenoxy) is 1. The number of fused-ring (bicyclic) bond motifs is 1. The van der Waals surface area contributed by atoms with E-state index in [-0.39, 0.29) is 12.3 Å². The zero-order valence-corrected chi connectivity index (χ0v) is 12.1. The van der Waals surface area contributed by atoms with Crippen LogP contribution in [0.3, 0.4) is 0 Å². The first-order valence-corrected chi connectivity index (χ1v) is 8.16. The van der Waals surface area contributed by atoms with Gasteiger partial charge in [-0.05, 0) is 25.0 Å². The second-order valence-electron chi connectivity index (χ2n) is 5.06. The van der Waals surface area contributed by atoms with Crippen molar-refractivity contribution in [1.29, 1.82) is 0 Å². The maximum Gasteiger partial charge on any atom is 0.346 e. The molecule has 1 aromatic carbocycles. The average Bonchev–Trinajstić information content (AvgIpc) is 3.00. The van der Waals surface area contributed by atoms with Gasteiger partial charge in [-0.25, -0.2) is 9.10 Å². The number of anilines is 1. The second-order valence-corrected chi connectivity index (χ2v) is 6.91. The van der Waals surface area contributed by atoms with E-state index >= 15 is 0 Å². The van der Waals surface area contributed by atoms with Crippen molar-refractivity contribution >= 4 is 21.9 Å². The summed E-state index contributed by atoms with van der Waals surface area (Å²) in [5.74, 6) is -0.898. The number of hydrogen-bond acceptors (Lipinski definition) is 4. The molecule has 0 bridgehead atoms. The summed E-state index contributed by atoms with van der Waals surface area (Å²) in [5, 5.41) is 9.15. The molecule has 2 aliphatic rings. The third-order valence-corrected chi connectivity index (χ3v) is 5.60. The molecule has 0 saturated carbocycles. The number of benzene rings is 1. The number of aliphatic carboxylic acids is 1. The summed E-state index contributed by atoms with van der Waals surface area (Å²) < 4.78 is 33.3. The van der Waals surface area contributed by atoms with Crippen LogP contribution in [0.5, 0.6) is 5.75 Å². The van der Waals surface area contributed by atoms with Crippen LogP contribution in [0, 0.1) is 0 Å². The number of nitrogens with zero attached hydrogens (tertiary/aromatic N) is 2. The minimum absolute atomic E-state index is 0.217. The normalized spacial score (nSPS) is 22.7. The van der Waals surface area contributed by atoms with E-state index in [4.69, 9.17) is 9.84 Å². The highest BCUT2D eigenvalue weighted by molar-refractivity contribution is 7.90. The Hall–Kier alpha value is -1.80. The summed E-state index contributed by atoms with van der Waals surface area (Å²) in [7, 11) is -3.72. The largest absolute Gasteiger partial charge is 0.478 e. The van der Waals surface area contributed by atoms with E-state index in [2.05, 4.69) is 0 Å². The monoisotopic (exact) mass is 312 g/mol. The molecular weight excluding hydrogens is 296 g/mol. The minimum atomic E-state index is -3.72. The van der Waals surface area contributed by atoms with Gasteiger partial charge in [0.1, 0.15) is 5.75 Å². The summed E-state index contributed by atoms with van der Waals surface area (Å²) in [6, 6.07) is 6.59. The maximum atomic E-state index is 12.7. The van der Waals surface area contributed by atoms with Gasteiger partial charge in [-0.1, -0.05) is 12.1 Å². The molecule has 0 radical (unpaired) electrons. The van der Waals surface area contributed by atoms with Crippen molar-refractivity contribution in [3.05, 3.63) is 24.3 Å². The zero-order valence-electron chi connectivity index (χ0n) is 11.3. The van der Waals surface area contributed by atoms with Crippen LogP contribution in [0.4, 0.5) is 5.69 Å². The molecule has 7 nitrogen and oxygen atoms in total. The summed E-state index contributed by atoms with van der Waals surface area (Å²) in [4.78, 5) is 11.2. The molecule has 1 N–H and O–H groups in total. The fraction of sp³-hybridized carbons (Fsp3) is 0.462. The van der Waals surface area contributed by atoms with Gasteiger partial charge in [0.2, 0.25) is 6.10 Å². The molecule has 1 aromatic rings. The molecule has 8 heteroatoms. The van der Waals surface area contributed by atoms with Gasteiger partial charge in [0.15, 0.2) is 0 Å². The molecule has 3 rings (SSSR count). The number of rotatable bonds is 3. The van der Waals surface area contributed by atoms with Gasteiger partial charge >= 0.3 is 16.2 Å². The van der Waals surface area contributed by atoms with E-state index in [0.717, 1.165) is 17.1 Å². The van der Waals surface area contributed by atoms with Crippen molar-refractivity contribution < 1.29 is 23.1 Å². The Morgan fingerprint density at radius 3 is 2.57 bits per heavy atom. The van der Waals surface area contributed by atoms with Crippen molar-refractivity contribution in [1.82, 2.24) is 4.31 Å². The lowest BCUT2D eigenvalue weighted by molar-refractivity contribution is -0.144. The lowest BCUT2D eigenvalue weighted by Gasteiger charge is -2.35. The van der Waals surface area contributed by atoms with Crippen LogP contribution in [0.1, 0.15) is 12.8 Å². The standard InChI is InChI=1S/C13H16N2O5S/c16-13(17)12-9-15(10-5-1-2-6-11(10)20-12)21(18,19)14-7-3-4-8-14/h1-2,5-6,12H,3-4,7-9H2,(H,16,17). The van der Waals surface area contributed by atoms with Gasteiger partial charge in [-0.15, -0.1) is 0 Å². The van der Waals surface area contributed by atoms with Crippen LogP contribution >= 0.6 is 0 Å². The second kappa shape index (κ2) is 5.19. The Bertz CT molecular complexity index is 654. The van der Waals surface area contributed by atoms with Gasteiger partial charge in [-0.3, -0.25) is 0 Å². The maximum absolute atomic E-state index is 12.7. The van der Waals surface area contributed by atoms with Gasteiger partial charge in [-0.2, -0.15) is 12.7 Å². The highest BCUT2D eigenvalue weighted by Gasteiger charge is 2.40. The van der Waals surface area contributed by atoms with Crippen LogP contribution in [0.25, 0.3) is 0 Å². The Labute approximate surface area is 122 Å². The smallest absolute Gasteiger partial charge is 0.346 e. The summed E-state index contributed by atoms with van der Waals surface area (Å²) in [6.45, 7) is 0.727. The molecule has 0 amide bonds. The molecule has 1 saturated heterocycles. The topological polar surface area (TPSA) is 87.2 Å². The number of carbonyl (C=O) groups is 1. The lowest BCUT2D eigenvalue weighted by atomic mass is 10.2. The zero-order chi connectivity index (χ0) is 15.0. The van der Waals surface area contributed by atoms with Crippen LogP contribution in [0.15, 0.2) is 24.3 Å². The molecule has 2 heterocycles. The van der Waals surface area contributed by atoms with Crippen molar-refractivity contribution in [2.75, 3.05) is 23.9 Å². The van der Waals surface area contributed by atoms with Crippen molar-refractivity contribution in [3.8, 4) is 5.75 Å². The first-order chi connectivity index (χ1) is 10.00. The van der Waals surface area contributed by atoms with E-state index in [9.17, 15) is 13.2 Å². The van der Waals surface area contributed by atoms with Crippen molar-refractivity contribution in [2.45, 2.75) is 18.9 Å². The average molecular weight is 312 g/mol. The molecule has 0 aromatic heterocycles. The predicted octanol–water partition coefficient (Wildman–Crippen LogP) is 0.679. The van der Waals surface area contributed by atoms with Gasteiger partial charge in [0, 0.05) is 13.1 Å². The Kier molecular flexibility index (Phi) is 3.50. The fourth-order valence-corrected chi connectivity index (χ4v) is 4.33. The van der Waals surface area contributed by atoms with E-state index < -0.39 is 22.3 Å². The fourth-order valence-electron chi connectivity index (χ4n) is 2.61. The van der Waals surface area contributed by atoms with E-state index in [1.54, 1.807) is 24.3 Å².